The lowest BCUT2D eigenvalue weighted by Gasteiger charge is -2.25. The molecule has 15 heavy (non-hydrogen) atoms. The van der Waals surface area contributed by atoms with E-state index in [1.807, 2.05) is 7.11 Å². The third kappa shape index (κ3) is 2.52. The summed E-state index contributed by atoms with van der Waals surface area (Å²) in [5, 5.41) is 0. The van der Waals surface area contributed by atoms with E-state index in [-0.39, 0.29) is 0 Å². The summed E-state index contributed by atoms with van der Waals surface area (Å²) in [6.07, 6.45) is 3.04. The van der Waals surface area contributed by atoms with Crippen molar-refractivity contribution in [2.75, 3.05) is 33.3 Å². The highest BCUT2D eigenvalue weighted by Gasteiger charge is 2.33. The topological polar surface area (TPSA) is 15.7 Å². The normalized spacial score (nSPS) is 34.4. The maximum absolute atomic E-state index is 5.42. The van der Waals surface area contributed by atoms with Gasteiger partial charge in [0.25, 0.3) is 0 Å². The highest BCUT2D eigenvalue weighted by Crippen LogP contribution is 2.22. The molecule has 0 aliphatic carbocycles. The summed E-state index contributed by atoms with van der Waals surface area (Å²) < 4.78 is 5.42. The molecule has 0 amide bonds. The summed E-state index contributed by atoms with van der Waals surface area (Å²) in [6.45, 7) is 9.50. The van der Waals surface area contributed by atoms with Gasteiger partial charge in [0.1, 0.15) is 0 Å². The number of methoxy groups -OCH3 is 1. The molecule has 0 radical (unpaired) electrons. The van der Waals surface area contributed by atoms with E-state index in [9.17, 15) is 0 Å². The molecule has 0 aromatic heterocycles. The first-order valence-electron chi connectivity index (χ1n) is 6.21. The van der Waals surface area contributed by atoms with Gasteiger partial charge in [-0.2, -0.15) is 0 Å². The predicted molar refractivity (Wildman–Crippen MR) is 62.1 cm³/mol. The van der Waals surface area contributed by atoms with Crippen LogP contribution in [0.25, 0.3) is 0 Å². The Bertz CT molecular complexity index is 208. The average Bonchev–Trinajstić information content (AvgIpc) is 2.86. The van der Waals surface area contributed by atoms with Crippen molar-refractivity contribution in [2.45, 2.75) is 44.9 Å². The molecule has 2 saturated heterocycles. The zero-order valence-electron chi connectivity index (χ0n) is 10.3. The molecular formula is C12H24N2O. The fourth-order valence-corrected chi connectivity index (χ4v) is 2.81. The molecule has 0 unspecified atom stereocenters. The number of likely N-dealkylation sites (tertiary alicyclic amines) is 2. The Kier molecular flexibility index (Phi) is 3.65. The Morgan fingerprint density at radius 1 is 1.13 bits per heavy atom. The number of hydrogen-bond donors (Lipinski definition) is 0. The molecule has 0 aromatic rings. The van der Waals surface area contributed by atoms with Crippen molar-refractivity contribution in [3.8, 4) is 0 Å². The lowest BCUT2D eigenvalue weighted by molar-refractivity contribution is 0.101. The fourth-order valence-electron chi connectivity index (χ4n) is 2.81. The molecule has 3 nitrogen and oxygen atoms in total. The molecule has 2 fully saturated rings. The highest BCUT2D eigenvalue weighted by atomic mass is 16.5. The quantitative estimate of drug-likeness (QED) is 0.699. The van der Waals surface area contributed by atoms with Crippen molar-refractivity contribution in [1.82, 2.24) is 9.80 Å². The number of hydrogen-bond acceptors (Lipinski definition) is 3. The minimum Gasteiger partial charge on any atom is -0.380 e. The SMILES string of the molecule is CO[C@H]1CCN([C@H]2CCN(C(C)C)C2)C1. The lowest BCUT2D eigenvalue weighted by atomic mass is 10.2. The predicted octanol–water partition coefficient (Wildman–Crippen LogP) is 1.19. The molecule has 2 atom stereocenters. The van der Waals surface area contributed by atoms with Gasteiger partial charge in [-0.25, -0.2) is 0 Å². The molecular weight excluding hydrogens is 188 g/mol. The summed E-state index contributed by atoms with van der Waals surface area (Å²) >= 11 is 0. The van der Waals surface area contributed by atoms with Crippen LogP contribution in [0.2, 0.25) is 0 Å². The first-order chi connectivity index (χ1) is 7.20. The smallest absolute Gasteiger partial charge is 0.0710 e. The third-order valence-corrected chi connectivity index (χ3v) is 3.95. The molecule has 2 heterocycles. The maximum atomic E-state index is 5.42. The van der Waals surface area contributed by atoms with Crippen LogP contribution in [0.5, 0.6) is 0 Å². The molecule has 88 valence electrons. The van der Waals surface area contributed by atoms with Gasteiger partial charge in [0.05, 0.1) is 6.10 Å². The second-order valence-corrected chi connectivity index (χ2v) is 5.17. The molecule has 0 spiro atoms. The third-order valence-electron chi connectivity index (χ3n) is 3.95. The van der Waals surface area contributed by atoms with Crippen LogP contribution in [-0.2, 0) is 4.74 Å². The molecule has 2 rings (SSSR count). The number of nitrogens with zero attached hydrogens (tertiary/aromatic N) is 2. The first-order valence-corrected chi connectivity index (χ1v) is 6.21. The Balaban J connectivity index is 1.81. The van der Waals surface area contributed by atoms with Crippen LogP contribution in [-0.4, -0.2) is 61.3 Å². The second kappa shape index (κ2) is 4.81. The van der Waals surface area contributed by atoms with Gasteiger partial charge < -0.3 is 4.74 Å². The van der Waals surface area contributed by atoms with Crippen LogP contribution in [0.3, 0.4) is 0 Å². The fraction of sp³-hybridized carbons (Fsp3) is 1.00. The number of rotatable bonds is 3. The van der Waals surface area contributed by atoms with Crippen molar-refractivity contribution < 1.29 is 4.74 Å². The summed E-state index contributed by atoms with van der Waals surface area (Å²) in [5.74, 6) is 0. The molecule has 0 N–H and O–H groups in total. The van der Waals surface area contributed by atoms with Crippen molar-refractivity contribution in [3.05, 3.63) is 0 Å². The average molecular weight is 212 g/mol. The van der Waals surface area contributed by atoms with Crippen LogP contribution in [0, 0.1) is 0 Å². The Hall–Kier alpha value is -0.120. The standard InChI is InChI=1S/C12H24N2O/c1-10(2)13-6-4-11(8-13)14-7-5-12(9-14)15-3/h10-12H,4-9H2,1-3H3/t11-,12-/m0/s1. The minimum absolute atomic E-state index is 0.484. The Morgan fingerprint density at radius 2 is 1.93 bits per heavy atom. The van der Waals surface area contributed by atoms with Crippen molar-refractivity contribution in [3.63, 3.8) is 0 Å². The van der Waals surface area contributed by atoms with E-state index in [2.05, 4.69) is 23.6 Å². The van der Waals surface area contributed by atoms with Crippen LogP contribution >= 0.6 is 0 Å². The van der Waals surface area contributed by atoms with Crippen LogP contribution in [0.1, 0.15) is 26.7 Å². The van der Waals surface area contributed by atoms with Crippen molar-refractivity contribution >= 4 is 0 Å². The summed E-state index contributed by atoms with van der Waals surface area (Å²) in [5.41, 5.74) is 0. The van der Waals surface area contributed by atoms with Gasteiger partial charge >= 0.3 is 0 Å². The molecule has 2 aliphatic heterocycles. The molecule has 0 aromatic carbocycles. The highest BCUT2D eigenvalue weighted by molar-refractivity contribution is 4.89. The summed E-state index contributed by atoms with van der Waals surface area (Å²) in [6, 6.07) is 1.49. The van der Waals surface area contributed by atoms with E-state index in [1.165, 1.54) is 32.5 Å². The molecule has 2 aliphatic rings. The van der Waals surface area contributed by atoms with E-state index in [0.29, 0.717) is 12.1 Å². The summed E-state index contributed by atoms with van der Waals surface area (Å²) in [4.78, 5) is 5.21. The maximum Gasteiger partial charge on any atom is 0.0710 e. The Morgan fingerprint density at radius 3 is 2.47 bits per heavy atom. The zero-order valence-corrected chi connectivity index (χ0v) is 10.3. The second-order valence-electron chi connectivity index (χ2n) is 5.17. The van der Waals surface area contributed by atoms with Gasteiger partial charge in [-0.15, -0.1) is 0 Å². The van der Waals surface area contributed by atoms with E-state index in [1.54, 1.807) is 0 Å². The van der Waals surface area contributed by atoms with Crippen molar-refractivity contribution in [2.24, 2.45) is 0 Å². The number of ether oxygens (including phenoxy) is 1. The Labute approximate surface area is 93.4 Å². The van der Waals surface area contributed by atoms with Crippen LogP contribution in [0.4, 0.5) is 0 Å². The van der Waals surface area contributed by atoms with E-state index in [0.717, 1.165) is 12.6 Å². The lowest BCUT2D eigenvalue weighted by Crippen LogP contribution is -2.38. The van der Waals surface area contributed by atoms with Crippen LogP contribution in [0.15, 0.2) is 0 Å². The van der Waals surface area contributed by atoms with Gasteiger partial charge in [-0.3, -0.25) is 9.80 Å². The van der Waals surface area contributed by atoms with Gasteiger partial charge in [0.15, 0.2) is 0 Å². The zero-order chi connectivity index (χ0) is 10.8. The van der Waals surface area contributed by atoms with Gasteiger partial charge in [-0.05, 0) is 26.7 Å². The van der Waals surface area contributed by atoms with E-state index in [4.69, 9.17) is 4.74 Å². The minimum atomic E-state index is 0.484. The molecule has 3 heteroatoms. The van der Waals surface area contributed by atoms with Crippen LogP contribution < -0.4 is 0 Å². The van der Waals surface area contributed by atoms with Gasteiger partial charge in [0, 0.05) is 45.4 Å². The van der Waals surface area contributed by atoms with E-state index >= 15 is 0 Å². The largest absolute Gasteiger partial charge is 0.380 e. The van der Waals surface area contributed by atoms with Crippen molar-refractivity contribution in [1.29, 1.82) is 0 Å². The van der Waals surface area contributed by atoms with Gasteiger partial charge in [0.2, 0.25) is 0 Å². The van der Waals surface area contributed by atoms with E-state index < -0.39 is 0 Å². The first kappa shape index (κ1) is 11.4. The van der Waals surface area contributed by atoms with Gasteiger partial charge in [-0.1, -0.05) is 0 Å². The monoisotopic (exact) mass is 212 g/mol. The molecule has 0 saturated carbocycles. The summed E-state index contributed by atoms with van der Waals surface area (Å²) in [7, 11) is 1.84. The molecule has 0 bridgehead atoms.